The third-order valence-electron chi connectivity index (χ3n) is 16.8. The molecule has 17 atom stereocenters. The Bertz CT molecular complexity index is 1820. The highest BCUT2D eigenvalue weighted by Crippen LogP contribution is 2.33. The molecule has 0 aliphatic carbocycles. The third-order valence-corrected chi connectivity index (χ3v) is 16.8. The number of rotatable bonds is 51. The molecule has 12 N–H and O–H groups in total. The predicted molar refractivity (Wildman–Crippen MR) is 337 cm³/mol. The van der Waals surface area contributed by atoms with Crippen LogP contribution in [0.4, 0.5) is 0 Å². The van der Waals surface area contributed by atoms with Crippen molar-refractivity contribution in [1.82, 2.24) is 5.32 Å². The van der Waals surface area contributed by atoms with E-state index in [1.807, 2.05) is 6.08 Å². The topological polar surface area (TPSA) is 307 Å². The first-order valence-corrected chi connectivity index (χ1v) is 34.0. The predicted octanol–water partition coefficient (Wildman–Crippen LogP) is 8.38. The van der Waals surface area contributed by atoms with E-state index in [0.29, 0.717) is 12.8 Å². The second-order valence-electron chi connectivity index (χ2n) is 24.3. The summed E-state index contributed by atoms with van der Waals surface area (Å²) >= 11 is 0. The summed E-state index contributed by atoms with van der Waals surface area (Å²) < 4.78 is 34.3. The summed E-state index contributed by atoms with van der Waals surface area (Å²) in [6, 6.07) is -1.000. The minimum atomic E-state index is -1.98. The molecule has 0 saturated carbocycles. The second kappa shape index (κ2) is 50.1. The van der Waals surface area contributed by atoms with Gasteiger partial charge in [-0.05, 0) is 70.6 Å². The van der Waals surface area contributed by atoms with Gasteiger partial charge in [0.2, 0.25) is 5.91 Å². The van der Waals surface area contributed by atoms with Gasteiger partial charge in [-0.15, -0.1) is 0 Å². The van der Waals surface area contributed by atoms with Gasteiger partial charge in [-0.1, -0.05) is 216 Å². The zero-order valence-electron chi connectivity index (χ0n) is 53.2. The standard InChI is InChI=1S/C68H121NO18/c1-3-5-7-9-11-13-15-17-19-21-23-25-27-29-31-33-35-37-39-41-43-45-52(73)51(69-56(74)46-44-42-40-38-36-34-32-30-28-26-24-22-20-18-16-14-12-10-8-6-4-2)50-82-66-62(80)59(77)64(54(48-71)84-66)87-68-63(81)60(78)65(55(49-72)85-68)86-67-61(79)58(76)57(75)53(47-70)83-67/h16,18,22,24,28,30,35,37,43,45,51-55,57-68,70-73,75-81H,3-15,17,19-21,23,25-27,29,31-34,36,38-42,44,46-50H2,1-2H3,(H,69,74)/b18-16-,24-22-,30-28-,37-35+,45-43+. The highest BCUT2D eigenvalue weighted by molar-refractivity contribution is 5.76. The molecule has 3 aliphatic rings. The van der Waals surface area contributed by atoms with Crippen LogP contribution in [0.5, 0.6) is 0 Å². The smallest absolute Gasteiger partial charge is 0.220 e. The lowest BCUT2D eigenvalue weighted by molar-refractivity contribution is -0.379. The molecule has 0 radical (unpaired) electrons. The highest BCUT2D eigenvalue weighted by atomic mass is 16.8. The monoisotopic (exact) mass is 1240 g/mol. The van der Waals surface area contributed by atoms with Gasteiger partial charge in [0, 0.05) is 6.42 Å². The molecule has 506 valence electrons. The largest absolute Gasteiger partial charge is 0.394 e. The maximum Gasteiger partial charge on any atom is 0.220 e. The lowest BCUT2D eigenvalue weighted by Gasteiger charge is -2.48. The zero-order chi connectivity index (χ0) is 63.3. The van der Waals surface area contributed by atoms with Crippen LogP contribution in [0.15, 0.2) is 60.8 Å². The molecular formula is C68H121NO18. The van der Waals surface area contributed by atoms with Gasteiger partial charge in [-0.25, -0.2) is 0 Å². The molecule has 0 aromatic carbocycles. The van der Waals surface area contributed by atoms with Crippen molar-refractivity contribution in [1.29, 1.82) is 0 Å². The summed E-state index contributed by atoms with van der Waals surface area (Å²) in [5.41, 5.74) is 0. The lowest BCUT2D eigenvalue weighted by Crippen LogP contribution is -2.66. The summed E-state index contributed by atoms with van der Waals surface area (Å²) in [5.74, 6) is -0.298. The van der Waals surface area contributed by atoms with Gasteiger partial charge in [0.1, 0.15) is 73.2 Å². The number of ether oxygens (including phenoxy) is 6. The summed E-state index contributed by atoms with van der Waals surface area (Å²) in [5, 5.41) is 120. The van der Waals surface area contributed by atoms with E-state index in [9.17, 15) is 61.0 Å². The van der Waals surface area contributed by atoms with Gasteiger partial charge in [0.15, 0.2) is 18.9 Å². The first-order valence-electron chi connectivity index (χ1n) is 34.0. The number of aliphatic hydroxyl groups excluding tert-OH is 11. The van der Waals surface area contributed by atoms with Crippen molar-refractivity contribution in [3.8, 4) is 0 Å². The van der Waals surface area contributed by atoms with E-state index in [-0.39, 0.29) is 18.9 Å². The van der Waals surface area contributed by atoms with Crippen molar-refractivity contribution in [2.24, 2.45) is 0 Å². The maximum atomic E-state index is 13.4. The van der Waals surface area contributed by atoms with Gasteiger partial charge >= 0.3 is 0 Å². The number of nitrogens with one attached hydrogen (secondary N) is 1. The Morgan fingerprint density at radius 2 is 0.770 bits per heavy atom. The average molecular weight is 1240 g/mol. The molecule has 0 aromatic rings. The highest BCUT2D eigenvalue weighted by Gasteiger charge is 2.53. The first kappa shape index (κ1) is 78.7. The molecule has 3 heterocycles. The summed E-state index contributed by atoms with van der Waals surface area (Å²) in [7, 11) is 0. The number of unbranched alkanes of at least 4 members (excludes halogenated alkanes) is 27. The first-order chi connectivity index (χ1) is 42.3. The summed E-state index contributed by atoms with van der Waals surface area (Å²) in [6.07, 6.45) is 33.3. The van der Waals surface area contributed by atoms with E-state index in [4.69, 9.17) is 28.4 Å². The fourth-order valence-corrected chi connectivity index (χ4v) is 11.2. The van der Waals surface area contributed by atoms with Crippen LogP contribution < -0.4 is 5.32 Å². The molecule has 87 heavy (non-hydrogen) atoms. The minimum absolute atomic E-state index is 0.219. The fraction of sp³-hybridized carbons (Fsp3) is 0.838. The SMILES string of the molecule is CCCCCCC/C=C\C/C=C\C/C=C\CCCCCCCCC(=O)NC(COC1OC(CO)C(OC2OC(CO)C(OC3OC(CO)C(O)C(O)C3O)C(O)C2O)C(O)C1O)C(O)/C=C/CC/C=C/CCCCCCCCCCCCCCCCC. The molecule has 19 nitrogen and oxygen atoms in total. The number of aliphatic hydroxyl groups is 11. The number of carbonyl (C=O) groups is 1. The molecule has 17 unspecified atom stereocenters. The summed E-state index contributed by atoms with van der Waals surface area (Å²) in [6.45, 7) is 1.70. The molecule has 0 bridgehead atoms. The van der Waals surface area contributed by atoms with Crippen molar-refractivity contribution in [3.05, 3.63) is 60.8 Å². The van der Waals surface area contributed by atoms with E-state index < -0.39 is 124 Å². The van der Waals surface area contributed by atoms with Crippen LogP contribution in [-0.4, -0.2) is 193 Å². The number of hydrogen-bond acceptors (Lipinski definition) is 18. The van der Waals surface area contributed by atoms with Crippen LogP contribution in [0.1, 0.15) is 232 Å². The molecule has 3 fully saturated rings. The third kappa shape index (κ3) is 32.6. The summed E-state index contributed by atoms with van der Waals surface area (Å²) in [4.78, 5) is 13.4. The number of allylic oxidation sites excluding steroid dienone is 9. The van der Waals surface area contributed by atoms with Crippen LogP contribution in [0.3, 0.4) is 0 Å². The van der Waals surface area contributed by atoms with Gasteiger partial charge in [0.25, 0.3) is 0 Å². The molecule has 19 heteroatoms. The van der Waals surface area contributed by atoms with Crippen molar-refractivity contribution in [2.75, 3.05) is 26.4 Å². The van der Waals surface area contributed by atoms with Crippen molar-refractivity contribution in [2.45, 2.75) is 336 Å². The number of amides is 1. The quantitative estimate of drug-likeness (QED) is 0.0201. The number of carbonyl (C=O) groups excluding carboxylic acids is 1. The maximum absolute atomic E-state index is 13.4. The van der Waals surface area contributed by atoms with E-state index in [2.05, 4.69) is 67.8 Å². The van der Waals surface area contributed by atoms with E-state index in [1.54, 1.807) is 6.08 Å². The Morgan fingerprint density at radius 3 is 1.23 bits per heavy atom. The van der Waals surface area contributed by atoms with Gasteiger partial charge in [-0.2, -0.15) is 0 Å². The van der Waals surface area contributed by atoms with E-state index in [1.165, 1.54) is 128 Å². The Balaban J connectivity index is 1.48. The van der Waals surface area contributed by atoms with E-state index >= 15 is 0 Å². The molecular weight excluding hydrogens is 1120 g/mol. The Hall–Kier alpha value is -2.51. The molecule has 0 aromatic heterocycles. The van der Waals surface area contributed by atoms with Gasteiger partial charge in [0.05, 0.1) is 38.6 Å². The molecule has 3 rings (SSSR count). The van der Waals surface area contributed by atoms with Crippen LogP contribution in [0.25, 0.3) is 0 Å². The second-order valence-corrected chi connectivity index (χ2v) is 24.3. The molecule has 0 spiro atoms. The number of hydrogen-bond donors (Lipinski definition) is 12. The molecule has 3 aliphatic heterocycles. The van der Waals surface area contributed by atoms with Crippen molar-refractivity contribution < 1.29 is 89.4 Å². The van der Waals surface area contributed by atoms with E-state index in [0.717, 1.165) is 70.6 Å². The lowest BCUT2D eigenvalue weighted by atomic mass is 9.96. The van der Waals surface area contributed by atoms with Crippen LogP contribution in [-0.2, 0) is 33.2 Å². The van der Waals surface area contributed by atoms with Crippen LogP contribution in [0.2, 0.25) is 0 Å². The Kier molecular flexibility index (Phi) is 45.3. The zero-order valence-corrected chi connectivity index (χ0v) is 53.2. The van der Waals surface area contributed by atoms with Crippen LogP contribution >= 0.6 is 0 Å². The van der Waals surface area contributed by atoms with Gasteiger partial charge < -0.3 is 89.9 Å². The van der Waals surface area contributed by atoms with Crippen molar-refractivity contribution in [3.63, 3.8) is 0 Å². The Labute approximate surface area is 522 Å². The Morgan fingerprint density at radius 1 is 0.414 bits per heavy atom. The molecule has 1 amide bonds. The normalized spacial score (nSPS) is 29.0. The van der Waals surface area contributed by atoms with Crippen LogP contribution in [0, 0.1) is 0 Å². The average Bonchev–Trinajstić information content (AvgIpc) is 2.40. The molecule has 3 saturated heterocycles. The fourth-order valence-electron chi connectivity index (χ4n) is 11.2. The minimum Gasteiger partial charge on any atom is -0.394 e. The van der Waals surface area contributed by atoms with Crippen molar-refractivity contribution >= 4 is 5.91 Å². The van der Waals surface area contributed by atoms with Gasteiger partial charge in [-0.3, -0.25) is 4.79 Å².